The molecule has 1 aromatic carbocycles. The van der Waals surface area contributed by atoms with E-state index in [4.69, 9.17) is 11.6 Å². The molecule has 0 radical (unpaired) electrons. The van der Waals surface area contributed by atoms with Crippen LogP contribution >= 0.6 is 11.6 Å². The second-order valence-corrected chi connectivity index (χ2v) is 8.41. The van der Waals surface area contributed by atoms with Gasteiger partial charge in [0.1, 0.15) is 9.84 Å². The van der Waals surface area contributed by atoms with Crippen LogP contribution in [0.25, 0.3) is 0 Å². The summed E-state index contributed by atoms with van der Waals surface area (Å²) < 4.78 is 48.2. The molecule has 1 rings (SSSR count). The van der Waals surface area contributed by atoms with E-state index in [1.54, 1.807) is 6.07 Å². The van der Waals surface area contributed by atoms with Gasteiger partial charge >= 0.3 is 0 Å². The zero-order valence-electron chi connectivity index (χ0n) is 9.92. The molecule has 0 spiro atoms. The van der Waals surface area contributed by atoms with Crippen molar-refractivity contribution in [3.05, 3.63) is 29.3 Å². The highest BCUT2D eigenvalue weighted by Gasteiger charge is 2.20. The summed E-state index contributed by atoms with van der Waals surface area (Å²) >= 11 is 5.71. The van der Waals surface area contributed by atoms with Crippen molar-refractivity contribution in [3.8, 4) is 0 Å². The van der Waals surface area contributed by atoms with Crippen molar-refractivity contribution in [2.45, 2.75) is 17.9 Å². The van der Waals surface area contributed by atoms with Crippen LogP contribution in [-0.4, -0.2) is 34.9 Å². The third-order valence-corrected chi connectivity index (χ3v) is 4.94. The maximum Gasteiger partial charge on any atom is 0.240 e. The smallest absolute Gasteiger partial charge is 0.229 e. The molecule has 0 amide bonds. The fourth-order valence-electron chi connectivity index (χ4n) is 1.46. The first kappa shape index (κ1) is 15.4. The number of benzene rings is 1. The lowest BCUT2D eigenvalue weighted by Gasteiger charge is -2.13. The lowest BCUT2D eigenvalue weighted by Crippen LogP contribution is -2.37. The first-order valence-corrected chi connectivity index (χ1v) is 8.98. The van der Waals surface area contributed by atoms with E-state index in [1.165, 1.54) is 25.1 Å². The number of sulfone groups is 1. The van der Waals surface area contributed by atoms with Crippen molar-refractivity contribution in [1.82, 2.24) is 4.72 Å². The minimum atomic E-state index is -3.75. The predicted octanol–water partition coefficient (Wildman–Crippen LogP) is 1.05. The quantitative estimate of drug-likeness (QED) is 0.881. The second-order valence-electron chi connectivity index (χ2n) is 4.07. The average Bonchev–Trinajstić information content (AvgIpc) is 2.13. The highest BCUT2D eigenvalue weighted by molar-refractivity contribution is 7.91. The van der Waals surface area contributed by atoms with E-state index in [9.17, 15) is 16.8 Å². The zero-order chi connectivity index (χ0) is 14.0. The monoisotopic (exact) mass is 311 g/mol. The van der Waals surface area contributed by atoms with Gasteiger partial charge in [-0.1, -0.05) is 17.7 Å². The molecule has 0 aliphatic rings. The molecule has 5 nitrogen and oxygen atoms in total. The molecule has 18 heavy (non-hydrogen) atoms. The third-order valence-electron chi connectivity index (χ3n) is 2.02. The fraction of sp³-hybridized carbons (Fsp3) is 0.400. The molecule has 1 N–H and O–H groups in total. The van der Waals surface area contributed by atoms with Crippen LogP contribution in [0.4, 0.5) is 0 Å². The Kier molecular flexibility index (Phi) is 4.77. The number of hydrogen-bond acceptors (Lipinski definition) is 4. The number of rotatable bonds is 5. The molecule has 1 aromatic rings. The second kappa shape index (κ2) is 5.56. The normalized spacial score (nSPS) is 14.4. The van der Waals surface area contributed by atoms with Gasteiger partial charge in [0.15, 0.2) is 0 Å². The van der Waals surface area contributed by atoms with Gasteiger partial charge < -0.3 is 0 Å². The molecule has 0 aliphatic heterocycles. The van der Waals surface area contributed by atoms with Crippen LogP contribution in [0.3, 0.4) is 0 Å². The fourth-order valence-corrected chi connectivity index (χ4v) is 4.10. The molecule has 102 valence electrons. The highest BCUT2D eigenvalue weighted by atomic mass is 35.5. The van der Waals surface area contributed by atoms with Gasteiger partial charge in [-0.25, -0.2) is 21.6 Å². The van der Waals surface area contributed by atoms with Gasteiger partial charge in [-0.3, -0.25) is 0 Å². The van der Waals surface area contributed by atoms with E-state index >= 15 is 0 Å². The van der Waals surface area contributed by atoms with Crippen LogP contribution in [0.1, 0.15) is 6.92 Å². The zero-order valence-corrected chi connectivity index (χ0v) is 12.3. The molecule has 0 saturated carbocycles. The molecule has 0 heterocycles. The number of sulfonamides is 1. The molecule has 0 bridgehead atoms. The van der Waals surface area contributed by atoms with Crippen LogP contribution in [0.2, 0.25) is 5.02 Å². The third kappa shape index (κ3) is 4.93. The molecule has 1 atom stereocenters. The minimum Gasteiger partial charge on any atom is -0.229 e. The Morgan fingerprint density at radius 2 is 1.89 bits per heavy atom. The minimum absolute atomic E-state index is 0.00958. The number of hydrogen-bond donors (Lipinski definition) is 1. The summed E-state index contributed by atoms with van der Waals surface area (Å²) in [6.07, 6.45) is 1.05. The molecular weight excluding hydrogens is 298 g/mol. The van der Waals surface area contributed by atoms with Crippen LogP contribution in [-0.2, 0) is 19.9 Å². The Labute approximate surface area is 112 Å². The molecule has 0 unspecified atom stereocenters. The predicted molar refractivity (Wildman–Crippen MR) is 70.9 cm³/mol. The van der Waals surface area contributed by atoms with Gasteiger partial charge in [-0.2, -0.15) is 0 Å². The molecule has 8 heteroatoms. The Morgan fingerprint density at radius 1 is 1.28 bits per heavy atom. The Balaban J connectivity index is 2.89. The summed E-state index contributed by atoms with van der Waals surface area (Å²) in [5.41, 5.74) is 0. The summed E-state index contributed by atoms with van der Waals surface area (Å²) in [5, 5.41) is 0.300. The molecule has 0 aliphatic carbocycles. The van der Waals surface area contributed by atoms with Gasteiger partial charge in [-0.05, 0) is 25.1 Å². The topological polar surface area (TPSA) is 80.3 Å². The van der Waals surface area contributed by atoms with Crippen LogP contribution in [0.15, 0.2) is 29.2 Å². The van der Waals surface area contributed by atoms with Crippen molar-refractivity contribution in [3.63, 3.8) is 0 Å². The van der Waals surface area contributed by atoms with E-state index in [2.05, 4.69) is 4.72 Å². The maximum atomic E-state index is 11.9. The molecule has 0 aromatic heterocycles. The van der Waals surface area contributed by atoms with Crippen molar-refractivity contribution < 1.29 is 16.8 Å². The summed E-state index contributed by atoms with van der Waals surface area (Å²) in [5.74, 6) is -0.257. The van der Waals surface area contributed by atoms with Crippen molar-refractivity contribution >= 4 is 31.5 Å². The first-order valence-electron chi connectivity index (χ1n) is 5.06. The van der Waals surface area contributed by atoms with Crippen molar-refractivity contribution in [2.24, 2.45) is 0 Å². The van der Waals surface area contributed by atoms with Gasteiger partial charge in [0.05, 0.1) is 10.6 Å². The van der Waals surface area contributed by atoms with Gasteiger partial charge in [-0.15, -0.1) is 0 Å². The summed E-state index contributed by atoms with van der Waals surface area (Å²) in [6.45, 7) is 1.49. The molecule has 0 fully saturated rings. The lowest BCUT2D eigenvalue weighted by molar-refractivity contribution is 0.564. The van der Waals surface area contributed by atoms with E-state index < -0.39 is 25.9 Å². The van der Waals surface area contributed by atoms with Crippen molar-refractivity contribution in [1.29, 1.82) is 0 Å². The Bertz CT molecular complexity index is 625. The number of nitrogens with one attached hydrogen (secondary N) is 1. The highest BCUT2D eigenvalue weighted by Crippen LogP contribution is 2.15. The van der Waals surface area contributed by atoms with E-state index in [1.807, 2.05) is 0 Å². The van der Waals surface area contributed by atoms with E-state index in [0.717, 1.165) is 6.26 Å². The van der Waals surface area contributed by atoms with E-state index in [0.29, 0.717) is 5.02 Å². The molecular formula is C10H14ClNO4S2. The average molecular weight is 312 g/mol. The summed E-state index contributed by atoms with van der Waals surface area (Å²) in [7, 11) is -6.99. The standard InChI is InChI=1S/C10H14ClNO4S2/c1-8(7-17(2,13)14)12-18(15,16)10-5-3-4-9(11)6-10/h3-6,8,12H,7H2,1-2H3/t8-/m0/s1. The first-order chi connectivity index (χ1) is 8.10. The summed E-state index contributed by atoms with van der Waals surface area (Å²) in [4.78, 5) is 0.00958. The van der Waals surface area contributed by atoms with Crippen LogP contribution in [0.5, 0.6) is 0 Å². The molecule has 0 saturated heterocycles. The SMILES string of the molecule is C[C@@H](CS(C)(=O)=O)NS(=O)(=O)c1cccc(Cl)c1. The van der Waals surface area contributed by atoms with Gasteiger partial charge in [0.2, 0.25) is 10.0 Å². The van der Waals surface area contributed by atoms with Gasteiger partial charge in [0, 0.05) is 17.3 Å². The van der Waals surface area contributed by atoms with Crippen molar-refractivity contribution in [2.75, 3.05) is 12.0 Å². The largest absolute Gasteiger partial charge is 0.240 e. The maximum absolute atomic E-state index is 11.9. The summed E-state index contributed by atoms with van der Waals surface area (Å²) in [6, 6.07) is 5.06. The lowest BCUT2D eigenvalue weighted by atomic mass is 10.4. The Hall–Kier alpha value is -0.630. The van der Waals surface area contributed by atoms with E-state index in [-0.39, 0.29) is 10.6 Å². The van der Waals surface area contributed by atoms with Crippen LogP contribution in [0, 0.1) is 0 Å². The number of halogens is 1. The van der Waals surface area contributed by atoms with Gasteiger partial charge in [0.25, 0.3) is 0 Å². The van der Waals surface area contributed by atoms with Crippen LogP contribution < -0.4 is 4.72 Å². The Morgan fingerprint density at radius 3 is 2.39 bits per heavy atom.